The van der Waals surface area contributed by atoms with Crippen molar-refractivity contribution < 1.29 is 9.59 Å². The molecule has 8 heteroatoms. The van der Waals surface area contributed by atoms with Crippen LogP contribution >= 0.6 is 23.1 Å². The van der Waals surface area contributed by atoms with Gasteiger partial charge in [0.05, 0.1) is 16.8 Å². The minimum Gasteiger partial charge on any atom is -0.353 e. The standard InChI is InChI=1S/C24H25ClN4O2S/c1-2-22(30)29-20-15-19(25)16(13-17(20)14-23(29)31)7-8-27-9-11-28(12-10-27)24-18-5-3-4-6-21(18)32-26-24/h3-6,13,15H,2,7-12,14H2,1H3. The lowest BCUT2D eigenvalue weighted by atomic mass is 10.1. The van der Waals surface area contributed by atoms with Gasteiger partial charge in [0.25, 0.3) is 0 Å². The Morgan fingerprint density at radius 2 is 1.94 bits per heavy atom. The van der Waals surface area contributed by atoms with Crippen LogP contribution in [-0.2, 0) is 22.4 Å². The molecule has 0 bridgehead atoms. The molecular weight excluding hydrogens is 444 g/mol. The highest BCUT2D eigenvalue weighted by molar-refractivity contribution is 7.13. The second-order valence-corrected chi connectivity index (χ2v) is 9.52. The van der Waals surface area contributed by atoms with Crippen molar-refractivity contribution in [2.75, 3.05) is 42.5 Å². The Balaban J connectivity index is 1.22. The summed E-state index contributed by atoms with van der Waals surface area (Å²) in [5.41, 5.74) is 2.59. The highest BCUT2D eigenvalue weighted by Crippen LogP contribution is 2.35. The number of nitrogens with zero attached hydrogens (tertiary/aromatic N) is 4. The number of imide groups is 1. The van der Waals surface area contributed by atoms with Crippen molar-refractivity contribution in [3.8, 4) is 0 Å². The van der Waals surface area contributed by atoms with E-state index >= 15 is 0 Å². The number of halogens is 1. The fraction of sp³-hybridized carbons (Fsp3) is 0.375. The summed E-state index contributed by atoms with van der Waals surface area (Å²) < 4.78 is 5.92. The van der Waals surface area contributed by atoms with Crippen LogP contribution in [0.4, 0.5) is 11.5 Å². The number of amides is 2. The summed E-state index contributed by atoms with van der Waals surface area (Å²) in [5.74, 6) is 0.761. The van der Waals surface area contributed by atoms with E-state index in [1.54, 1.807) is 24.5 Å². The Bertz CT molecular complexity index is 1190. The maximum atomic E-state index is 12.3. The molecule has 0 radical (unpaired) electrons. The predicted molar refractivity (Wildman–Crippen MR) is 130 cm³/mol. The molecule has 0 unspecified atom stereocenters. The summed E-state index contributed by atoms with van der Waals surface area (Å²) in [4.78, 5) is 30.6. The smallest absolute Gasteiger partial charge is 0.238 e. The minimum atomic E-state index is -0.177. The van der Waals surface area contributed by atoms with Gasteiger partial charge < -0.3 is 4.90 Å². The van der Waals surface area contributed by atoms with E-state index in [1.807, 2.05) is 6.07 Å². The lowest BCUT2D eigenvalue weighted by Crippen LogP contribution is -2.47. The van der Waals surface area contributed by atoms with Crippen molar-refractivity contribution in [1.82, 2.24) is 9.27 Å². The largest absolute Gasteiger partial charge is 0.353 e. The van der Waals surface area contributed by atoms with Crippen LogP contribution in [0, 0.1) is 0 Å². The van der Waals surface area contributed by atoms with Crippen molar-refractivity contribution in [3.63, 3.8) is 0 Å². The van der Waals surface area contributed by atoms with Crippen LogP contribution in [0.5, 0.6) is 0 Å². The zero-order chi connectivity index (χ0) is 22.2. The van der Waals surface area contributed by atoms with Gasteiger partial charge in [-0.3, -0.25) is 14.5 Å². The Labute approximate surface area is 196 Å². The molecule has 3 aromatic rings. The Kier molecular flexibility index (Phi) is 5.88. The van der Waals surface area contributed by atoms with Crippen molar-refractivity contribution >= 4 is 56.5 Å². The lowest BCUT2D eigenvalue weighted by Gasteiger charge is -2.35. The van der Waals surface area contributed by atoms with Gasteiger partial charge in [0.15, 0.2) is 0 Å². The monoisotopic (exact) mass is 468 g/mol. The van der Waals surface area contributed by atoms with Gasteiger partial charge in [-0.15, -0.1) is 0 Å². The molecule has 0 atom stereocenters. The number of hydrogen-bond donors (Lipinski definition) is 0. The molecular formula is C24H25ClN4O2S. The van der Waals surface area contributed by atoms with Gasteiger partial charge >= 0.3 is 0 Å². The first-order valence-corrected chi connectivity index (χ1v) is 12.2. The van der Waals surface area contributed by atoms with E-state index in [2.05, 4.69) is 38.4 Å². The number of fused-ring (bicyclic) bond motifs is 2. The molecule has 166 valence electrons. The fourth-order valence-corrected chi connectivity index (χ4v) is 5.62. The van der Waals surface area contributed by atoms with Gasteiger partial charge in [0, 0.05) is 49.6 Å². The summed E-state index contributed by atoms with van der Waals surface area (Å²) in [6.07, 6.45) is 1.39. The van der Waals surface area contributed by atoms with Crippen LogP contribution in [0.1, 0.15) is 24.5 Å². The SMILES string of the molecule is CCC(=O)N1C(=O)Cc2cc(CCN3CCN(c4nsc5ccccc45)CC3)c(Cl)cc21. The number of carbonyl (C=O) groups is 2. The van der Waals surface area contributed by atoms with E-state index in [0.717, 1.165) is 56.1 Å². The molecule has 2 aliphatic heterocycles. The number of aromatic nitrogens is 1. The fourth-order valence-electron chi connectivity index (χ4n) is 4.57. The van der Waals surface area contributed by atoms with Crippen LogP contribution in [0.2, 0.25) is 5.02 Å². The summed E-state index contributed by atoms with van der Waals surface area (Å²) in [7, 11) is 0. The molecule has 5 rings (SSSR count). The summed E-state index contributed by atoms with van der Waals surface area (Å²) in [6.45, 7) is 6.54. The minimum absolute atomic E-state index is 0.161. The van der Waals surface area contributed by atoms with E-state index in [1.165, 1.54) is 15.0 Å². The Morgan fingerprint density at radius 3 is 2.72 bits per heavy atom. The number of benzene rings is 2. The maximum absolute atomic E-state index is 12.3. The summed E-state index contributed by atoms with van der Waals surface area (Å²) in [6, 6.07) is 12.2. The first-order valence-electron chi connectivity index (χ1n) is 11.0. The van der Waals surface area contributed by atoms with Crippen molar-refractivity contribution in [3.05, 3.63) is 52.5 Å². The predicted octanol–water partition coefficient (Wildman–Crippen LogP) is 4.14. The summed E-state index contributed by atoms with van der Waals surface area (Å²) in [5, 5.41) is 1.86. The van der Waals surface area contributed by atoms with Crippen molar-refractivity contribution in [2.45, 2.75) is 26.2 Å². The van der Waals surface area contributed by atoms with Crippen LogP contribution in [0.3, 0.4) is 0 Å². The number of rotatable bonds is 5. The van der Waals surface area contributed by atoms with E-state index in [4.69, 9.17) is 11.6 Å². The summed E-state index contributed by atoms with van der Waals surface area (Å²) >= 11 is 8.11. The van der Waals surface area contributed by atoms with E-state index < -0.39 is 0 Å². The van der Waals surface area contributed by atoms with Crippen LogP contribution in [-0.4, -0.2) is 53.8 Å². The lowest BCUT2D eigenvalue weighted by molar-refractivity contribution is -0.125. The first kappa shape index (κ1) is 21.4. The van der Waals surface area contributed by atoms with E-state index in [-0.39, 0.29) is 18.2 Å². The second kappa shape index (κ2) is 8.81. The molecule has 0 spiro atoms. The van der Waals surface area contributed by atoms with Crippen LogP contribution in [0.25, 0.3) is 10.1 Å². The van der Waals surface area contributed by atoms with Crippen molar-refractivity contribution in [1.29, 1.82) is 0 Å². The highest BCUT2D eigenvalue weighted by Gasteiger charge is 2.32. The van der Waals surface area contributed by atoms with Gasteiger partial charge in [0.2, 0.25) is 11.8 Å². The molecule has 2 aromatic carbocycles. The Hall–Kier alpha value is -2.48. The third kappa shape index (κ3) is 3.89. The van der Waals surface area contributed by atoms with Gasteiger partial charge in [-0.2, -0.15) is 4.37 Å². The van der Waals surface area contributed by atoms with Crippen LogP contribution < -0.4 is 9.80 Å². The maximum Gasteiger partial charge on any atom is 0.238 e. The third-order valence-electron chi connectivity index (χ3n) is 6.36. The molecule has 3 heterocycles. The third-order valence-corrected chi connectivity index (χ3v) is 7.53. The van der Waals surface area contributed by atoms with E-state index in [0.29, 0.717) is 17.1 Å². The van der Waals surface area contributed by atoms with E-state index in [9.17, 15) is 9.59 Å². The quantitative estimate of drug-likeness (QED) is 0.563. The Morgan fingerprint density at radius 1 is 1.16 bits per heavy atom. The molecule has 6 nitrogen and oxygen atoms in total. The molecule has 2 aliphatic rings. The average molecular weight is 469 g/mol. The first-order chi connectivity index (χ1) is 15.5. The average Bonchev–Trinajstić information content (AvgIpc) is 3.37. The molecule has 0 N–H and O–H groups in total. The van der Waals surface area contributed by atoms with Crippen LogP contribution in [0.15, 0.2) is 36.4 Å². The molecule has 0 aliphatic carbocycles. The number of piperazine rings is 1. The zero-order valence-corrected chi connectivity index (χ0v) is 19.6. The van der Waals surface area contributed by atoms with Crippen molar-refractivity contribution in [2.24, 2.45) is 0 Å². The van der Waals surface area contributed by atoms with Gasteiger partial charge in [0.1, 0.15) is 5.82 Å². The zero-order valence-electron chi connectivity index (χ0n) is 18.0. The molecule has 2 amide bonds. The molecule has 1 aromatic heterocycles. The topological polar surface area (TPSA) is 56.8 Å². The van der Waals surface area contributed by atoms with Gasteiger partial charge in [-0.1, -0.05) is 36.7 Å². The molecule has 32 heavy (non-hydrogen) atoms. The molecule has 1 saturated heterocycles. The van der Waals surface area contributed by atoms with Gasteiger partial charge in [-0.25, -0.2) is 4.90 Å². The normalized spacial score (nSPS) is 16.8. The second-order valence-electron chi connectivity index (χ2n) is 8.31. The number of hydrogen-bond acceptors (Lipinski definition) is 6. The number of anilines is 2. The van der Waals surface area contributed by atoms with Gasteiger partial charge in [-0.05, 0) is 47.3 Å². The number of carbonyl (C=O) groups excluding carboxylic acids is 2. The molecule has 1 fully saturated rings. The molecule has 0 saturated carbocycles. The highest BCUT2D eigenvalue weighted by atomic mass is 35.5.